The third kappa shape index (κ3) is 3.25. The van der Waals surface area contributed by atoms with Gasteiger partial charge in [0, 0.05) is 18.5 Å². The van der Waals surface area contributed by atoms with Gasteiger partial charge in [0.1, 0.15) is 11.3 Å². The number of urea groups is 1. The normalized spacial score (nSPS) is 25.9. The van der Waals surface area contributed by atoms with Crippen molar-refractivity contribution in [2.75, 3.05) is 13.7 Å². The lowest BCUT2D eigenvalue weighted by molar-refractivity contribution is -0.125. The largest absolute Gasteiger partial charge is 0.496 e. The van der Waals surface area contributed by atoms with Crippen LogP contribution in [0.25, 0.3) is 0 Å². The van der Waals surface area contributed by atoms with Gasteiger partial charge in [0.15, 0.2) is 0 Å². The summed E-state index contributed by atoms with van der Waals surface area (Å²) < 4.78 is 33.4. The van der Waals surface area contributed by atoms with Gasteiger partial charge in [0.05, 0.1) is 16.5 Å². The Labute approximate surface area is 153 Å². The van der Waals surface area contributed by atoms with Crippen molar-refractivity contribution >= 4 is 37.9 Å². The van der Waals surface area contributed by atoms with E-state index in [0.717, 1.165) is 6.42 Å². The molecule has 2 fully saturated rings. The first-order valence-electron chi connectivity index (χ1n) is 7.75. The monoisotopic (exact) mass is 431 g/mol. The maximum absolute atomic E-state index is 12.5. The zero-order chi connectivity index (χ0) is 18.2. The molecule has 2 atom stereocenters. The SMILES string of the molecule is COc1cc(S(=O)(=O)NCC2CCCC23NC(=O)NC3=O)ccc1Br. The molecule has 3 rings (SSSR count). The Morgan fingerprint density at radius 2 is 2.16 bits per heavy atom. The Kier molecular flexibility index (Phi) is 4.78. The molecular weight excluding hydrogens is 414 g/mol. The van der Waals surface area contributed by atoms with E-state index in [1.807, 2.05) is 0 Å². The minimum Gasteiger partial charge on any atom is -0.496 e. The summed E-state index contributed by atoms with van der Waals surface area (Å²) in [4.78, 5) is 23.7. The van der Waals surface area contributed by atoms with Gasteiger partial charge in [-0.1, -0.05) is 6.42 Å². The molecule has 3 amide bonds. The van der Waals surface area contributed by atoms with E-state index in [9.17, 15) is 18.0 Å². The number of rotatable bonds is 5. The highest BCUT2D eigenvalue weighted by Crippen LogP contribution is 2.37. The van der Waals surface area contributed by atoms with Crippen molar-refractivity contribution in [3.8, 4) is 5.75 Å². The van der Waals surface area contributed by atoms with Crippen LogP contribution in [0.1, 0.15) is 19.3 Å². The summed E-state index contributed by atoms with van der Waals surface area (Å²) in [6, 6.07) is 3.94. The number of carbonyl (C=O) groups is 2. The molecule has 1 aromatic rings. The molecule has 1 aromatic carbocycles. The molecular formula is C15H18BrN3O5S. The van der Waals surface area contributed by atoms with E-state index < -0.39 is 21.6 Å². The van der Waals surface area contributed by atoms with Gasteiger partial charge < -0.3 is 10.1 Å². The van der Waals surface area contributed by atoms with Crippen LogP contribution in [0.5, 0.6) is 5.75 Å². The van der Waals surface area contributed by atoms with Crippen LogP contribution in [0, 0.1) is 5.92 Å². The van der Waals surface area contributed by atoms with E-state index in [0.29, 0.717) is 23.1 Å². The first-order chi connectivity index (χ1) is 11.8. The molecule has 1 aliphatic carbocycles. The van der Waals surface area contributed by atoms with Crippen LogP contribution in [0.15, 0.2) is 27.6 Å². The zero-order valence-corrected chi connectivity index (χ0v) is 15.9. The number of nitrogens with one attached hydrogen (secondary N) is 3. The van der Waals surface area contributed by atoms with Crippen LogP contribution in [0.2, 0.25) is 0 Å². The van der Waals surface area contributed by atoms with Crippen molar-refractivity contribution in [3.05, 3.63) is 22.7 Å². The standard InChI is InChI=1S/C15H18BrN3O5S/c1-24-12-7-10(4-5-11(12)16)25(22,23)17-8-9-3-2-6-15(9)13(20)18-14(21)19-15/h4-5,7,9,17H,2-3,6,8H2,1H3,(H2,18,19,20,21). The van der Waals surface area contributed by atoms with Gasteiger partial charge in [-0.15, -0.1) is 0 Å². The van der Waals surface area contributed by atoms with Crippen LogP contribution in [0.3, 0.4) is 0 Å². The Bertz CT molecular complexity index is 828. The van der Waals surface area contributed by atoms with Crippen molar-refractivity contribution in [1.82, 2.24) is 15.4 Å². The van der Waals surface area contributed by atoms with Crippen LogP contribution < -0.4 is 20.1 Å². The highest BCUT2D eigenvalue weighted by molar-refractivity contribution is 9.10. The molecule has 1 saturated carbocycles. The number of benzene rings is 1. The first-order valence-corrected chi connectivity index (χ1v) is 10.0. The summed E-state index contributed by atoms with van der Waals surface area (Å²) in [5.41, 5.74) is -1.02. The first kappa shape index (κ1) is 18.2. The smallest absolute Gasteiger partial charge is 0.322 e. The van der Waals surface area contributed by atoms with E-state index in [1.165, 1.54) is 19.2 Å². The number of hydrogen-bond donors (Lipinski definition) is 3. The fraction of sp³-hybridized carbons (Fsp3) is 0.467. The van der Waals surface area contributed by atoms with E-state index in [1.54, 1.807) is 6.07 Å². The van der Waals surface area contributed by atoms with Crippen molar-refractivity contribution in [2.24, 2.45) is 5.92 Å². The molecule has 0 aromatic heterocycles. The van der Waals surface area contributed by atoms with Gasteiger partial charge in [-0.3, -0.25) is 10.1 Å². The average Bonchev–Trinajstić information content (AvgIpc) is 3.09. The molecule has 25 heavy (non-hydrogen) atoms. The third-order valence-electron chi connectivity index (χ3n) is 4.74. The molecule has 2 unspecified atom stereocenters. The summed E-state index contributed by atoms with van der Waals surface area (Å²) in [5.74, 6) is -0.279. The minimum atomic E-state index is -3.77. The predicted octanol–water partition coefficient (Wildman–Crippen LogP) is 1.11. The number of imide groups is 1. The number of carbonyl (C=O) groups excluding carboxylic acids is 2. The Hall–Kier alpha value is -1.65. The number of amides is 3. The fourth-order valence-corrected chi connectivity index (χ4v) is 4.93. The highest BCUT2D eigenvalue weighted by atomic mass is 79.9. The molecule has 1 saturated heterocycles. The highest BCUT2D eigenvalue weighted by Gasteiger charge is 2.54. The lowest BCUT2D eigenvalue weighted by atomic mass is 9.87. The van der Waals surface area contributed by atoms with Crippen LogP contribution in [-0.4, -0.2) is 39.5 Å². The summed E-state index contributed by atoms with van der Waals surface area (Å²) in [6.45, 7) is 0.0639. The summed E-state index contributed by atoms with van der Waals surface area (Å²) in [5, 5.41) is 4.91. The minimum absolute atomic E-state index is 0.0639. The summed E-state index contributed by atoms with van der Waals surface area (Å²) in [6.07, 6.45) is 1.90. The van der Waals surface area contributed by atoms with Gasteiger partial charge in [-0.2, -0.15) is 0 Å². The van der Waals surface area contributed by atoms with Gasteiger partial charge >= 0.3 is 6.03 Å². The molecule has 2 aliphatic rings. The predicted molar refractivity (Wildman–Crippen MR) is 92.6 cm³/mol. The van der Waals surface area contributed by atoms with E-state index in [2.05, 4.69) is 31.3 Å². The van der Waals surface area contributed by atoms with Gasteiger partial charge in [-0.05, 0) is 40.9 Å². The second kappa shape index (κ2) is 6.58. The topological polar surface area (TPSA) is 114 Å². The van der Waals surface area contributed by atoms with Gasteiger partial charge in [0.25, 0.3) is 5.91 Å². The average molecular weight is 432 g/mol. The van der Waals surface area contributed by atoms with Gasteiger partial charge in [0.2, 0.25) is 10.0 Å². The zero-order valence-electron chi connectivity index (χ0n) is 13.5. The summed E-state index contributed by atoms with van der Waals surface area (Å²) in [7, 11) is -2.32. The fourth-order valence-electron chi connectivity index (χ4n) is 3.42. The maximum atomic E-state index is 12.5. The maximum Gasteiger partial charge on any atom is 0.322 e. The molecule has 1 heterocycles. The van der Waals surface area contributed by atoms with E-state index in [-0.39, 0.29) is 23.3 Å². The molecule has 1 spiro atoms. The molecule has 1 aliphatic heterocycles. The van der Waals surface area contributed by atoms with E-state index >= 15 is 0 Å². The van der Waals surface area contributed by atoms with Crippen molar-refractivity contribution in [1.29, 1.82) is 0 Å². The van der Waals surface area contributed by atoms with Crippen LogP contribution in [-0.2, 0) is 14.8 Å². The van der Waals surface area contributed by atoms with Gasteiger partial charge in [-0.25, -0.2) is 17.9 Å². The number of halogens is 1. The number of hydrogen-bond acceptors (Lipinski definition) is 5. The van der Waals surface area contributed by atoms with Crippen LogP contribution >= 0.6 is 15.9 Å². The van der Waals surface area contributed by atoms with Crippen molar-refractivity contribution in [2.45, 2.75) is 29.7 Å². The van der Waals surface area contributed by atoms with E-state index in [4.69, 9.17) is 4.74 Å². The third-order valence-corrected chi connectivity index (χ3v) is 6.82. The molecule has 8 nitrogen and oxygen atoms in total. The Balaban J connectivity index is 1.76. The quantitative estimate of drug-likeness (QED) is 0.604. The van der Waals surface area contributed by atoms with Crippen molar-refractivity contribution < 1.29 is 22.7 Å². The lowest BCUT2D eigenvalue weighted by Gasteiger charge is -2.28. The second-order valence-electron chi connectivity index (χ2n) is 6.12. The van der Waals surface area contributed by atoms with Crippen LogP contribution in [0.4, 0.5) is 4.79 Å². The number of ether oxygens (including phenoxy) is 1. The van der Waals surface area contributed by atoms with Crippen molar-refractivity contribution in [3.63, 3.8) is 0 Å². The number of sulfonamides is 1. The Morgan fingerprint density at radius 3 is 2.80 bits per heavy atom. The lowest BCUT2D eigenvalue weighted by Crippen LogP contribution is -2.53. The molecule has 0 bridgehead atoms. The second-order valence-corrected chi connectivity index (χ2v) is 8.74. The number of methoxy groups -OCH3 is 1. The summed E-state index contributed by atoms with van der Waals surface area (Å²) >= 11 is 3.28. The molecule has 0 radical (unpaired) electrons. The molecule has 10 heteroatoms. The Morgan fingerprint density at radius 1 is 1.40 bits per heavy atom. The molecule has 3 N–H and O–H groups in total. The molecule has 136 valence electrons.